The first-order chi connectivity index (χ1) is 22.6. The molecule has 0 saturated carbocycles. The average molecular weight is 650 g/mol. The van der Waals surface area contributed by atoms with Gasteiger partial charge >= 0.3 is 5.92 Å². The number of carbonyl (C=O) groups excluding carboxylic acids is 1. The number of aromatic nitrogens is 3. The average Bonchev–Trinajstić information content (AvgIpc) is 3.05. The summed E-state index contributed by atoms with van der Waals surface area (Å²) in [4.78, 5) is 29.0. The number of likely N-dealkylation sites (tertiary alicyclic amines) is 2. The number of hydrogen-bond acceptors (Lipinski definition) is 11. The Balaban J connectivity index is 1.12. The number of nitrogens with one attached hydrogen (secondary N) is 1. The molecule has 0 aliphatic carbocycles. The molecule has 3 fully saturated rings. The maximum absolute atomic E-state index is 14.9. The summed E-state index contributed by atoms with van der Waals surface area (Å²) in [6.45, 7) is 4.03. The number of ether oxygens (including phenoxy) is 3. The van der Waals surface area contributed by atoms with Crippen LogP contribution in [0.15, 0.2) is 42.6 Å². The van der Waals surface area contributed by atoms with Gasteiger partial charge in [0.2, 0.25) is 11.8 Å². The minimum absolute atomic E-state index is 0.0000222. The second-order valence-electron chi connectivity index (χ2n) is 12.1. The monoisotopic (exact) mass is 649 g/mol. The minimum Gasteiger partial charge on any atom is -0.483 e. The van der Waals surface area contributed by atoms with Crippen LogP contribution in [0.5, 0.6) is 11.6 Å². The van der Waals surface area contributed by atoms with E-state index in [1.807, 2.05) is 18.2 Å². The SMILES string of the molecule is COc1nc(Nc2nccc(-c3ccc(OC4CCN(C(=O)C(C)O)CC4(F)F)c(C#N)c3)n2)ccc1C1CCN(C2COC2)CC1. The summed E-state index contributed by atoms with van der Waals surface area (Å²) in [6, 6.07) is 12.7. The lowest BCUT2D eigenvalue weighted by atomic mass is 9.89. The third kappa shape index (κ3) is 7.12. The van der Waals surface area contributed by atoms with Crippen molar-refractivity contribution < 1.29 is 32.9 Å². The molecule has 2 unspecified atom stereocenters. The predicted octanol–water partition coefficient (Wildman–Crippen LogP) is 3.74. The largest absolute Gasteiger partial charge is 0.483 e. The van der Waals surface area contributed by atoms with Gasteiger partial charge in [-0.25, -0.2) is 18.7 Å². The summed E-state index contributed by atoms with van der Waals surface area (Å²) in [7, 11) is 1.61. The number of piperidine rings is 2. The van der Waals surface area contributed by atoms with Crippen LogP contribution in [0.2, 0.25) is 0 Å². The van der Waals surface area contributed by atoms with Gasteiger partial charge in [0.1, 0.15) is 23.7 Å². The Bertz CT molecular complexity index is 1640. The van der Waals surface area contributed by atoms with E-state index < -0.39 is 30.6 Å². The molecule has 2 N–H and O–H groups in total. The molecule has 3 aromatic rings. The lowest BCUT2D eigenvalue weighted by molar-refractivity contribution is -0.165. The molecule has 0 radical (unpaired) electrons. The maximum Gasteiger partial charge on any atom is 0.301 e. The van der Waals surface area contributed by atoms with Crippen LogP contribution in [0.25, 0.3) is 11.3 Å². The zero-order chi connectivity index (χ0) is 33.1. The molecule has 3 saturated heterocycles. The number of benzene rings is 1. The lowest BCUT2D eigenvalue weighted by Gasteiger charge is -2.41. The number of aliphatic hydroxyl groups excluding tert-OH is 1. The number of nitrogens with zero attached hydrogens (tertiary/aromatic N) is 6. The highest BCUT2D eigenvalue weighted by Gasteiger charge is 2.48. The number of rotatable bonds is 9. The molecular formula is C33H37F2N7O5. The normalized spacial score (nSPS) is 20.9. The van der Waals surface area contributed by atoms with Gasteiger partial charge in [0.15, 0.2) is 6.10 Å². The van der Waals surface area contributed by atoms with E-state index in [0.29, 0.717) is 34.9 Å². The fraction of sp³-hybridized carbons (Fsp3) is 0.485. The molecule has 47 heavy (non-hydrogen) atoms. The molecule has 2 atom stereocenters. The zero-order valence-electron chi connectivity index (χ0n) is 26.2. The Kier molecular flexibility index (Phi) is 9.49. The van der Waals surface area contributed by atoms with Crippen LogP contribution in [-0.4, -0.2) is 106 Å². The van der Waals surface area contributed by atoms with Crippen molar-refractivity contribution in [1.29, 1.82) is 5.26 Å². The highest BCUT2D eigenvalue weighted by molar-refractivity contribution is 5.80. The van der Waals surface area contributed by atoms with Crippen LogP contribution >= 0.6 is 0 Å². The number of alkyl halides is 2. The number of pyridine rings is 1. The fourth-order valence-corrected chi connectivity index (χ4v) is 6.25. The Morgan fingerprint density at radius 3 is 2.60 bits per heavy atom. The quantitative estimate of drug-likeness (QED) is 0.350. The van der Waals surface area contributed by atoms with Crippen molar-refractivity contribution in [3.05, 3.63) is 53.7 Å². The Morgan fingerprint density at radius 2 is 1.94 bits per heavy atom. The maximum atomic E-state index is 14.9. The number of halogens is 2. The molecule has 12 nitrogen and oxygen atoms in total. The van der Waals surface area contributed by atoms with E-state index in [0.717, 1.165) is 49.6 Å². The first kappa shape index (κ1) is 32.5. The first-order valence-electron chi connectivity index (χ1n) is 15.7. The topological polar surface area (TPSA) is 146 Å². The van der Waals surface area contributed by atoms with Crippen LogP contribution in [0.4, 0.5) is 20.5 Å². The van der Waals surface area contributed by atoms with Crippen LogP contribution < -0.4 is 14.8 Å². The summed E-state index contributed by atoms with van der Waals surface area (Å²) < 4.78 is 46.5. The number of methoxy groups -OCH3 is 1. The third-order valence-corrected chi connectivity index (χ3v) is 8.95. The van der Waals surface area contributed by atoms with Gasteiger partial charge in [-0.3, -0.25) is 9.69 Å². The highest BCUT2D eigenvalue weighted by Crippen LogP contribution is 2.36. The number of nitriles is 1. The van der Waals surface area contributed by atoms with Crippen molar-refractivity contribution in [2.45, 2.75) is 56.3 Å². The van der Waals surface area contributed by atoms with E-state index in [2.05, 4.69) is 25.2 Å². The van der Waals surface area contributed by atoms with Crippen LogP contribution in [0.3, 0.4) is 0 Å². The number of hydrogen-bond donors (Lipinski definition) is 2. The molecule has 1 aromatic carbocycles. The van der Waals surface area contributed by atoms with Gasteiger partial charge in [0.25, 0.3) is 5.91 Å². The summed E-state index contributed by atoms with van der Waals surface area (Å²) in [6.07, 6.45) is 0.537. The van der Waals surface area contributed by atoms with Crippen LogP contribution in [-0.2, 0) is 9.53 Å². The van der Waals surface area contributed by atoms with Gasteiger partial charge < -0.3 is 29.5 Å². The first-order valence-corrected chi connectivity index (χ1v) is 15.7. The second kappa shape index (κ2) is 13.7. The summed E-state index contributed by atoms with van der Waals surface area (Å²) >= 11 is 0. The molecule has 14 heteroatoms. The lowest BCUT2D eigenvalue weighted by Crippen LogP contribution is -2.56. The number of amides is 1. The second-order valence-corrected chi connectivity index (χ2v) is 12.1. The molecular weight excluding hydrogens is 612 g/mol. The van der Waals surface area contributed by atoms with Gasteiger partial charge in [-0.1, -0.05) is 0 Å². The Hall–Kier alpha value is -4.45. The fourth-order valence-electron chi connectivity index (χ4n) is 6.25. The number of anilines is 2. The van der Waals surface area contributed by atoms with Crippen LogP contribution in [0, 0.1) is 11.3 Å². The molecule has 0 spiro atoms. The van der Waals surface area contributed by atoms with Crippen molar-refractivity contribution in [1.82, 2.24) is 24.8 Å². The van der Waals surface area contributed by atoms with Gasteiger partial charge in [0, 0.05) is 30.3 Å². The molecule has 5 heterocycles. The van der Waals surface area contributed by atoms with E-state index in [1.165, 1.54) is 19.1 Å². The highest BCUT2D eigenvalue weighted by atomic mass is 19.3. The standard InChI is InChI=1S/C33H37F2N7O5/c1-20(43)31(44)42-14-10-28(33(34,35)19-42)47-27-5-3-22(15-23(27)16-36)26-7-11-37-32(38-26)40-29-6-4-25(30(39-29)45-2)21-8-12-41(13-9-21)24-17-46-18-24/h3-7,11,15,20-21,24,28,43H,8-10,12-14,17-19H2,1-2H3,(H,37,38,39,40). The van der Waals surface area contributed by atoms with Crippen LogP contribution in [0.1, 0.15) is 43.2 Å². The van der Waals surface area contributed by atoms with Gasteiger partial charge in [0.05, 0.1) is 44.2 Å². The Labute approximate surface area is 271 Å². The van der Waals surface area contributed by atoms with Gasteiger partial charge in [-0.15, -0.1) is 0 Å². The van der Waals surface area contributed by atoms with Crippen molar-refractivity contribution in [2.24, 2.45) is 0 Å². The molecule has 6 rings (SSSR count). The third-order valence-electron chi connectivity index (χ3n) is 8.95. The van der Waals surface area contributed by atoms with Crippen molar-refractivity contribution >= 4 is 17.7 Å². The molecule has 248 valence electrons. The summed E-state index contributed by atoms with van der Waals surface area (Å²) in [5.41, 5.74) is 2.18. The summed E-state index contributed by atoms with van der Waals surface area (Å²) in [5, 5.41) is 22.4. The van der Waals surface area contributed by atoms with E-state index in [4.69, 9.17) is 14.2 Å². The van der Waals surface area contributed by atoms with Crippen molar-refractivity contribution in [3.8, 4) is 29.0 Å². The number of aliphatic hydroxyl groups is 1. The number of carbonyl (C=O) groups is 1. The Morgan fingerprint density at radius 1 is 1.15 bits per heavy atom. The van der Waals surface area contributed by atoms with E-state index in [-0.39, 0.29) is 30.2 Å². The molecule has 3 aliphatic rings. The smallest absolute Gasteiger partial charge is 0.301 e. The molecule has 1 amide bonds. The summed E-state index contributed by atoms with van der Waals surface area (Å²) in [5.74, 6) is -2.45. The minimum atomic E-state index is -3.38. The molecule has 3 aliphatic heterocycles. The van der Waals surface area contributed by atoms with E-state index >= 15 is 0 Å². The van der Waals surface area contributed by atoms with Gasteiger partial charge in [-0.05, 0) is 75.2 Å². The van der Waals surface area contributed by atoms with Crippen molar-refractivity contribution in [3.63, 3.8) is 0 Å². The molecule has 0 bridgehead atoms. The zero-order valence-corrected chi connectivity index (χ0v) is 26.2. The molecule has 2 aromatic heterocycles. The van der Waals surface area contributed by atoms with Gasteiger partial charge in [-0.2, -0.15) is 10.2 Å². The van der Waals surface area contributed by atoms with E-state index in [1.54, 1.807) is 25.4 Å². The predicted molar refractivity (Wildman–Crippen MR) is 167 cm³/mol. The van der Waals surface area contributed by atoms with E-state index in [9.17, 15) is 23.9 Å². The van der Waals surface area contributed by atoms with Crippen molar-refractivity contribution in [2.75, 3.05) is 51.8 Å².